The average molecular weight is 329 g/mol. The van der Waals surface area contributed by atoms with Crippen molar-refractivity contribution in [3.8, 4) is 11.8 Å². The number of carbonyl (C=O) groups is 1. The van der Waals surface area contributed by atoms with Crippen LogP contribution in [0.15, 0.2) is 30.9 Å². The number of halogens is 1. The van der Waals surface area contributed by atoms with Crippen LogP contribution in [0.4, 0.5) is 0 Å². The molecule has 0 spiro atoms. The van der Waals surface area contributed by atoms with Crippen LogP contribution in [-0.4, -0.2) is 27.4 Å². The molecule has 0 fully saturated rings. The quantitative estimate of drug-likeness (QED) is 0.861. The van der Waals surface area contributed by atoms with Crippen LogP contribution in [0, 0.1) is 17.3 Å². The molecule has 2 heterocycles. The van der Waals surface area contributed by atoms with E-state index >= 15 is 0 Å². The first-order chi connectivity index (χ1) is 10.8. The van der Waals surface area contributed by atoms with Crippen LogP contribution in [0.3, 0.4) is 0 Å². The summed E-state index contributed by atoms with van der Waals surface area (Å²) in [6.45, 7) is 6.67. The minimum atomic E-state index is -0.293. The molecule has 0 unspecified atom stereocenters. The van der Waals surface area contributed by atoms with Gasteiger partial charge < -0.3 is 5.32 Å². The van der Waals surface area contributed by atoms with Gasteiger partial charge in [0.1, 0.15) is 0 Å². The third kappa shape index (κ3) is 5.68. The summed E-state index contributed by atoms with van der Waals surface area (Å²) in [4.78, 5) is 24.0. The van der Waals surface area contributed by atoms with Gasteiger partial charge in [-0.25, -0.2) is 9.97 Å². The van der Waals surface area contributed by atoms with Crippen LogP contribution in [-0.2, 0) is 0 Å². The molecule has 0 bridgehead atoms. The van der Waals surface area contributed by atoms with E-state index in [4.69, 9.17) is 11.6 Å². The molecule has 0 saturated carbocycles. The Kier molecular flexibility index (Phi) is 5.30. The number of carbonyl (C=O) groups excluding carboxylic acids is 1. The number of nitrogens with zero attached hydrogens (tertiary/aromatic N) is 3. The maximum absolute atomic E-state index is 11.9. The zero-order valence-electron chi connectivity index (χ0n) is 13.2. The van der Waals surface area contributed by atoms with Crippen LogP contribution in [0.25, 0.3) is 0 Å². The Hall–Kier alpha value is -2.45. The van der Waals surface area contributed by atoms with Gasteiger partial charge in [-0.3, -0.25) is 9.78 Å². The molecule has 0 atom stereocenters. The van der Waals surface area contributed by atoms with Gasteiger partial charge in [-0.15, -0.1) is 0 Å². The van der Waals surface area contributed by atoms with Crippen molar-refractivity contribution in [1.29, 1.82) is 0 Å². The SMILES string of the molecule is CC(C)(C)CNC(=O)c1ncc(C#Cc2cncc(Cl)c2)cn1. The molecule has 1 amide bonds. The highest BCUT2D eigenvalue weighted by molar-refractivity contribution is 6.30. The van der Waals surface area contributed by atoms with Crippen LogP contribution in [0.1, 0.15) is 42.5 Å². The molecular formula is C17H17ClN4O. The highest BCUT2D eigenvalue weighted by atomic mass is 35.5. The lowest BCUT2D eigenvalue weighted by molar-refractivity contribution is 0.0929. The lowest BCUT2D eigenvalue weighted by Gasteiger charge is -2.18. The van der Waals surface area contributed by atoms with E-state index in [0.717, 1.165) is 0 Å². The fourth-order valence-electron chi connectivity index (χ4n) is 1.56. The summed E-state index contributed by atoms with van der Waals surface area (Å²) < 4.78 is 0. The highest BCUT2D eigenvalue weighted by Crippen LogP contribution is 2.10. The number of nitrogens with one attached hydrogen (secondary N) is 1. The highest BCUT2D eigenvalue weighted by Gasteiger charge is 2.14. The van der Waals surface area contributed by atoms with E-state index in [9.17, 15) is 4.79 Å². The Morgan fingerprint density at radius 1 is 1.13 bits per heavy atom. The van der Waals surface area contributed by atoms with E-state index in [1.54, 1.807) is 18.5 Å². The zero-order chi connectivity index (χ0) is 16.9. The molecule has 6 heteroatoms. The Labute approximate surface area is 140 Å². The molecule has 0 aliphatic heterocycles. The van der Waals surface area contributed by atoms with Crippen molar-refractivity contribution in [1.82, 2.24) is 20.3 Å². The Balaban J connectivity index is 2.04. The molecule has 2 rings (SSSR count). The number of amides is 1. The maximum Gasteiger partial charge on any atom is 0.289 e. The molecule has 0 aromatic carbocycles. The smallest absolute Gasteiger partial charge is 0.289 e. The van der Waals surface area contributed by atoms with E-state index < -0.39 is 0 Å². The summed E-state index contributed by atoms with van der Waals surface area (Å²) in [5, 5.41) is 3.33. The molecule has 0 aliphatic rings. The van der Waals surface area contributed by atoms with Crippen molar-refractivity contribution < 1.29 is 4.79 Å². The Morgan fingerprint density at radius 3 is 2.39 bits per heavy atom. The first-order valence-electron chi connectivity index (χ1n) is 7.06. The second-order valence-corrected chi connectivity index (χ2v) is 6.62. The summed E-state index contributed by atoms with van der Waals surface area (Å²) in [7, 11) is 0. The lowest BCUT2D eigenvalue weighted by atomic mass is 9.97. The summed E-state index contributed by atoms with van der Waals surface area (Å²) in [5.74, 6) is 5.66. The van der Waals surface area contributed by atoms with Gasteiger partial charge in [0, 0.05) is 36.9 Å². The van der Waals surface area contributed by atoms with Crippen molar-refractivity contribution in [3.05, 3.63) is 52.8 Å². The minimum Gasteiger partial charge on any atom is -0.349 e. The monoisotopic (exact) mass is 328 g/mol. The van der Waals surface area contributed by atoms with Gasteiger partial charge in [0.2, 0.25) is 5.82 Å². The van der Waals surface area contributed by atoms with E-state index in [1.807, 2.05) is 20.8 Å². The predicted molar refractivity (Wildman–Crippen MR) is 89.0 cm³/mol. The fraction of sp³-hybridized carbons (Fsp3) is 0.294. The summed E-state index contributed by atoms with van der Waals surface area (Å²) in [5.41, 5.74) is 1.31. The van der Waals surface area contributed by atoms with Crippen molar-refractivity contribution >= 4 is 17.5 Å². The standard InChI is InChI=1S/C17H17ClN4O/c1-17(2,3)11-22-16(23)15-20-8-13(9-21-15)5-4-12-6-14(18)10-19-7-12/h6-10H,11H2,1-3H3,(H,22,23). The molecule has 118 valence electrons. The van der Waals surface area contributed by atoms with Gasteiger partial charge in [-0.05, 0) is 11.5 Å². The molecule has 1 N–H and O–H groups in total. The molecular weight excluding hydrogens is 312 g/mol. The fourth-order valence-corrected chi connectivity index (χ4v) is 1.73. The van der Waals surface area contributed by atoms with Crippen molar-refractivity contribution in [3.63, 3.8) is 0 Å². The van der Waals surface area contributed by atoms with E-state index in [0.29, 0.717) is 22.7 Å². The summed E-state index contributed by atoms with van der Waals surface area (Å²) >= 11 is 5.84. The largest absolute Gasteiger partial charge is 0.349 e. The van der Waals surface area contributed by atoms with Crippen LogP contribution in [0.2, 0.25) is 5.02 Å². The topological polar surface area (TPSA) is 67.8 Å². The number of aromatic nitrogens is 3. The molecule has 2 aromatic rings. The van der Waals surface area contributed by atoms with E-state index in [1.165, 1.54) is 12.4 Å². The normalized spacial score (nSPS) is 10.6. The van der Waals surface area contributed by atoms with Gasteiger partial charge in [0.05, 0.1) is 10.6 Å². The second kappa shape index (κ2) is 7.21. The van der Waals surface area contributed by atoms with Crippen molar-refractivity contribution in [2.75, 3.05) is 6.54 Å². The van der Waals surface area contributed by atoms with Gasteiger partial charge in [0.15, 0.2) is 0 Å². The first kappa shape index (κ1) is 16.9. The van der Waals surface area contributed by atoms with Crippen LogP contribution in [0.5, 0.6) is 0 Å². The first-order valence-corrected chi connectivity index (χ1v) is 7.44. The minimum absolute atomic E-state index is 0.00602. The third-order valence-electron chi connectivity index (χ3n) is 2.69. The maximum atomic E-state index is 11.9. The van der Waals surface area contributed by atoms with Gasteiger partial charge in [0.25, 0.3) is 5.91 Å². The average Bonchev–Trinajstić information content (AvgIpc) is 2.50. The molecule has 0 radical (unpaired) electrons. The van der Waals surface area contributed by atoms with Gasteiger partial charge in [-0.1, -0.05) is 44.2 Å². The number of pyridine rings is 1. The van der Waals surface area contributed by atoms with E-state index in [-0.39, 0.29) is 17.1 Å². The van der Waals surface area contributed by atoms with Crippen molar-refractivity contribution in [2.24, 2.45) is 5.41 Å². The van der Waals surface area contributed by atoms with Gasteiger partial charge in [-0.2, -0.15) is 0 Å². The predicted octanol–water partition coefficient (Wildman–Crippen LogP) is 2.70. The number of hydrogen-bond donors (Lipinski definition) is 1. The van der Waals surface area contributed by atoms with Gasteiger partial charge >= 0.3 is 0 Å². The molecule has 0 saturated heterocycles. The molecule has 23 heavy (non-hydrogen) atoms. The second-order valence-electron chi connectivity index (χ2n) is 6.18. The number of hydrogen-bond acceptors (Lipinski definition) is 4. The molecule has 0 aliphatic carbocycles. The summed E-state index contributed by atoms with van der Waals surface area (Å²) in [6.07, 6.45) is 6.20. The molecule has 5 nitrogen and oxygen atoms in total. The zero-order valence-corrected chi connectivity index (χ0v) is 14.0. The molecule has 2 aromatic heterocycles. The van der Waals surface area contributed by atoms with Crippen LogP contribution < -0.4 is 5.32 Å². The van der Waals surface area contributed by atoms with Crippen LogP contribution >= 0.6 is 11.6 Å². The Morgan fingerprint density at radius 2 is 1.78 bits per heavy atom. The Bertz CT molecular complexity index is 755. The summed E-state index contributed by atoms with van der Waals surface area (Å²) in [6, 6.07) is 1.72. The number of rotatable bonds is 2. The van der Waals surface area contributed by atoms with E-state index in [2.05, 4.69) is 32.1 Å². The lowest BCUT2D eigenvalue weighted by Crippen LogP contribution is -2.33. The third-order valence-corrected chi connectivity index (χ3v) is 2.90. The van der Waals surface area contributed by atoms with Crippen molar-refractivity contribution in [2.45, 2.75) is 20.8 Å².